The van der Waals surface area contributed by atoms with Crippen LogP contribution in [0.1, 0.15) is 59.0 Å². The smallest absolute Gasteiger partial charge is 0.178 e. The summed E-state index contributed by atoms with van der Waals surface area (Å²) in [5.74, 6) is -0.122. The summed E-state index contributed by atoms with van der Waals surface area (Å²) in [5.41, 5.74) is 4.07. The summed E-state index contributed by atoms with van der Waals surface area (Å²) in [5, 5.41) is 3.16. The highest BCUT2D eigenvalue weighted by Gasteiger charge is 2.23. The number of nitrogens with one attached hydrogen (secondary N) is 1. The van der Waals surface area contributed by atoms with E-state index < -0.39 is 0 Å². The zero-order chi connectivity index (χ0) is 17.1. The summed E-state index contributed by atoms with van der Waals surface area (Å²) < 4.78 is 15.2. The Morgan fingerprint density at radius 2 is 1.88 bits per heavy atom. The lowest BCUT2D eigenvalue weighted by Gasteiger charge is -2.17. The number of aromatic nitrogens is 1. The van der Waals surface area contributed by atoms with Crippen LogP contribution in [0.3, 0.4) is 0 Å². The van der Waals surface area contributed by atoms with E-state index in [1.165, 1.54) is 43.5 Å². The Labute approximate surface area is 142 Å². The van der Waals surface area contributed by atoms with Crippen molar-refractivity contribution in [3.05, 3.63) is 58.7 Å². The van der Waals surface area contributed by atoms with Crippen LogP contribution in [0.4, 0.5) is 4.39 Å². The van der Waals surface area contributed by atoms with Gasteiger partial charge in [0.2, 0.25) is 0 Å². The van der Waals surface area contributed by atoms with Gasteiger partial charge >= 0.3 is 0 Å². The highest BCUT2D eigenvalue weighted by atomic mass is 19.1. The molecule has 1 aromatic carbocycles. The Bertz CT molecular complexity index is 712. The zero-order valence-corrected chi connectivity index (χ0v) is 14.4. The number of rotatable bonds is 6. The van der Waals surface area contributed by atoms with Gasteiger partial charge in [-0.05, 0) is 50.5 Å². The van der Waals surface area contributed by atoms with Crippen LogP contribution < -0.4 is 5.32 Å². The molecule has 2 aromatic rings. The predicted molar refractivity (Wildman–Crippen MR) is 93.8 cm³/mol. The molecule has 0 saturated heterocycles. The van der Waals surface area contributed by atoms with Gasteiger partial charge in [-0.3, -0.25) is 4.79 Å². The first-order chi connectivity index (χ1) is 11.6. The zero-order valence-electron chi connectivity index (χ0n) is 14.4. The number of hydrogen-bond donors (Lipinski definition) is 1. The van der Waals surface area contributed by atoms with Crippen LogP contribution in [-0.2, 0) is 6.54 Å². The van der Waals surface area contributed by atoms with E-state index in [9.17, 15) is 9.18 Å². The van der Waals surface area contributed by atoms with Gasteiger partial charge in [0, 0.05) is 29.5 Å². The quantitative estimate of drug-likeness (QED) is 0.801. The number of aryl methyl sites for hydroxylation is 1. The van der Waals surface area contributed by atoms with E-state index >= 15 is 0 Å². The lowest BCUT2D eigenvalue weighted by molar-refractivity contribution is 0.0990. The van der Waals surface area contributed by atoms with Crippen molar-refractivity contribution in [2.45, 2.75) is 52.1 Å². The fourth-order valence-corrected chi connectivity index (χ4v) is 3.80. The van der Waals surface area contributed by atoms with Crippen molar-refractivity contribution in [2.24, 2.45) is 0 Å². The van der Waals surface area contributed by atoms with Crippen molar-refractivity contribution >= 4 is 5.78 Å². The predicted octanol–water partition coefficient (Wildman–Crippen LogP) is 4.33. The van der Waals surface area contributed by atoms with Gasteiger partial charge in [-0.1, -0.05) is 25.0 Å². The first kappa shape index (κ1) is 16.9. The van der Waals surface area contributed by atoms with Gasteiger partial charge in [-0.2, -0.15) is 0 Å². The molecule has 1 aliphatic rings. The minimum absolute atomic E-state index is 0.120. The standard InChI is InChI=1S/C20H25FN2O/c1-14-11-19(15(2)23(14)18-5-3-4-6-18)20(24)13-22-12-16-7-9-17(21)10-8-16/h7-11,18,22H,3-6,12-13H2,1-2H3. The monoisotopic (exact) mass is 328 g/mol. The molecule has 1 saturated carbocycles. The largest absolute Gasteiger partial charge is 0.345 e. The minimum Gasteiger partial charge on any atom is -0.345 e. The molecule has 0 atom stereocenters. The van der Waals surface area contributed by atoms with Crippen LogP contribution in [0.2, 0.25) is 0 Å². The van der Waals surface area contributed by atoms with Crippen molar-refractivity contribution in [3.63, 3.8) is 0 Å². The van der Waals surface area contributed by atoms with Gasteiger partial charge in [0.25, 0.3) is 0 Å². The molecular formula is C20H25FN2O. The van der Waals surface area contributed by atoms with Crippen molar-refractivity contribution in [3.8, 4) is 0 Å². The number of halogens is 1. The van der Waals surface area contributed by atoms with E-state index in [-0.39, 0.29) is 11.6 Å². The third-order valence-corrected chi connectivity index (χ3v) is 5.00. The summed E-state index contributed by atoms with van der Waals surface area (Å²) in [6.45, 7) is 5.01. The van der Waals surface area contributed by atoms with Crippen molar-refractivity contribution in [2.75, 3.05) is 6.54 Å². The number of carbonyl (C=O) groups is 1. The molecule has 0 aliphatic heterocycles. The van der Waals surface area contributed by atoms with Gasteiger partial charge < -0.3 is 9.88 Å². The van der Waals surface area contributed by atoms with Crippen LogP contribution in [0.5, 0.6) is 0 Å². The van der Waals surface area contributed by atoms with Gasteiger partial charge in [0.1, 0.15) is 5.82 Å². The minimum atomic E-state index is -0.242. The van der Waals surface area contributed by atoms with Crippen molar-refractivity contribution in [1.29, 1.82) is 0 Å². The molecule has 4 heteroatoms. The van der Waals surface area contributed by atoms with Gasteiger partial charge in [0.15, 0.2) is 5.78 Å². The molecule has 24 heavy (non-hydrogen) atoms. The molecule has 3 nitrogen and oxygen atoms in total. The molecule has 1 N–H and O–H groups in total. The summed E-state index contributed by atoms with van der Waals surface area (Å²) in [4.78, 5) is 12.6. The lowest BCUT2D eigenvalue weighted by atomic mass is 10.1. The molecule has 1 fully saturated rings. The average molecular weight is 328 g/mol. The molecule has 3 rings (SSSR count). The van der Waals surface area contributed by atoms with Crippen LogP contribution in [0, 0.1) is 19.7 Å². The van der Waals surface area contributed by atoms with E-state index in [1.54, 1.807) is 12.1 Å². The van der Waals surface area contributed by atoms with E-state index in [4.69, 9.17) is 0 Å². The maximum absolute atomic E-state index is 12.9. The van der Waals surface area contributed by atoms with Gasteiger partial charge in [-0.15, -0.1) is 0 Å². The lowest BCUT2D eigenvalue weighted by Crippen LogP contribution is -2.23. The van der Waals surface area contributed by atoms with Crippen LogP contribution in [0.15, 0.2) is 30.3 Å². The Hall–Kier alpha value is -1.94. The SMILES string of the molecule is Cc1cc(C(=O)CNCc2ccc(F)cc2)c(C)n1C1CCCC1. The van der Waals surface area contributed by atoms with Crippen LogP contribution in [0.25, 0.3) is 0 Å². The number of carbonyl (C=O) groups excluding carboxylic acids is 1. The molecule has 0 amide bonds. The maximum atomic E-state index is 12.9. The maximum Gasteiger partial charge on any atom is 0.178 e. The Balaban J connectivity index is 1.62. The molecule has 0 bridgehead atoms. The van der Waals surface area contributed by atoms with Crippen molar-refractivity contribution < 1.29 is 9.18 Å². The molecule has 1 aliphatic carbocycles. The Morgan fingerprint density at radius 1 is 1.21 bits per heavy atom. The topological polar surface area (TPSA) is 34.0 Å². The molecule has 0 unspecified atom stereocenters. The Morgan fingerprint density at radius 3 is 2.54 bits per heavy atom. The fourth-order valence-electron chi connectivity index (χ4n) is 3.80. The number of Topliss-reactive ketones (excluding diaryl/α,β-unsaturated/α-hetero) is 1. The van der Waals surface area contributed by atoms with E-state index in [2.05, 4.69) is 23.7 Å². The fraction of sp³-hybridized carbons (Fsp3) is 0.450. The first-order valence-corrected chi connectivity index (χ1v) is 8.73. The molecular weight excluding hydrogens is 303 g/mol. The van der Waals surface area contributed by atoms with Crippen LogP contribution in [-0.4, -0.2) is 16.9 Å². The second kappa shape index (κ2) is 7.31. The van der Waals surface area contributed by atoms with Gasteiger partial charge in [0.05, 0.1) is 6.54 Å². The van der Waals surface area contributed by atoms with Crippen LogP contribution >= 0.6 is 0 Å². The molecule has 1 heterocycles. The third kappa shape index (κ3) is 3.59. The summed E-state index contributed by atoms with van der Waals surface area (Å²) >= 11 is 0. The highest BCUT2D eigenvalue weighted by molar-refractivity contribution is 5.99. The summed E-state index contributed by atoms with van der Waals surface area (Å²) in [7, 11) is 0. The molecule has 0 radical (unpaired) electrons. The van der Waals surface area contributed by atoms with Crippen molar-refractivity contribution in [1.82, 2.24) is 9.88 Å². The number of nitrogens with zero attached hydrogens (tertiary/aromatic N) is 1. The number of ketones is 1. The first-order valence-electron chi connectivity index (χ1n) is 8.73. The second-order valence-corrected chi connectivity index (χ2v) is 6.75. The van der Waals surface area contributed by atoms with E-state index in [0.29, 0.717) is 19.1 Å². The third-order valence-electron chi connectivity index (χ3n) is 5.00. The molecule has 128 valence electrons. The van der Waals surface area contributed by atoms with Gasteiger partial charge in [-0.25, -0.2) is 4.39 Å². The van der Waals surface area contributed by atoms with E-state index in [0.717, 1.165) is 16.8 Å². The normalized spacial score (nSPS) is 15.1. The Kier molecular flexibility index (Phi) is 5.14. The highest BCUT2D eigenvalue weighted by Crippen LogP contribution is 2.33. The molecule has 0 spiro atoms. The number of hydrogen-bond acceptors (Lipinski definition) is 2. The average Bonchev–Trinajstić information content (AvgIpc) is 3.17. The van der Waals surface area contributed by atoms with E-state index in [1.807, 2.05) is 6.07 Å². The molecule has 1 aromatic heterocycles. The summed E-state index contributed by atoms with van der Waals surface area (Å²) in [6.07, 6.45) is 4.99. The summed E-state index contributed by atoms with van der Waals surface area (Å²) in [6, 6.07) is 8.92. The second-order valence-electron chi connectivity index (χ2n) is 6.75. The number of benzene rings is 1.